The molecule has 0 saturated heterocycles. The number of hydrogen-bond acceptors (Lipinski definition) is 8. The average Bonchev–Trinajstić information content (AvgIpc) is 3.43. The highest BCUT2D eigenvalue weighted by Crippen LogP contribution is 1.99. The van der Waals surface area contributed by atoms with Crippen LogP contribution in [-0.4, -0.2) is 81.2 Å². The summed E-state index contributed by atoms with van der Waals surface area (Å²) >= 11 is 0. The summed E-state index contributed by atoms with van der Waals surface area (Å²) in [6.45, 7) is 3.84. The fourth-order valence-corrected chi connectivity index (χ4v) is 5.95. The van der Waals surface area contributed by atoms with Crippen LogP contribution < -0.4 is 21.3 Å². The Balaban J connectivity index is 0.000000411. The maximum Gasteiger partial charge on any atom is 0.0281 e. The molecule has 0 unspecified atom stereocenters. The average molecular weight is 961 g/mol. The molecule has 8 rings (SSSR count). The first-order chi connectivity index (χ1) is 35.5. The van der Waals surface area contributed by atoms with Crippen LogP contribution in [-0.2, 0) is 26.2 Å². The second-order valence-corrected chi connectivity index (χ2v) is 15.3. The molecule has 72 heavy (non-hydrogen) atoms. The Morgan fingerprint density at radius 1 is 0.236 bits per heavy atom. The second-order valence-electron chi connectivity index (χ2n) is 15.3. The lowest BCUT2D eigenvalue weighted by Gasteiger charge is -1.95. The van der Waals surface area contributed by atoms with E-state index < -0.39 is 0 Å². The Kier molecular flexibility index (Phi) is 40.6. The van der Waals surface area contributed by atoms with Crippen LogP contribution in [0.4, 0.5) is 0 Å². The molecule has 0 aliphatic rings. The van der Waals surface area contributed by atoms with Crippen LogP contribution in [0.15, 0.2) is 263 Å². The Bertz CT molecular complexity index is 2100. The van der Waals surface area contributed by atoms with E-state index in [0.717, 1.165) is 48.4 Å². The maximum absolute atomic E-state index is 3.88. The number of benzene rings is 8. The van der Waals surface area contributed by atoms with Crippen molar-refractivity contribution in [2.45, 2.75) is 26.2 Å². The fraction of sp³-hybridized carbons (Fsp3) is 0.188. The Labute approximate surface area is 433 Å². The molecule has 0 spiro atoms. The molecule has 0 aromatic heterocycles. The fourth-order valence-electron chi connectivity index (χ4n) is 5.95. The Morgan fingerprint density at radius 2 is 0.375 bits per heavy atom. The summed E-state index contributed by atoms with van der Waals surface area (Å²) in [7, 11) is 14.9. The minimum Gasteiger partial charge on any atom is -0.316 e. The molecular weight excluding hydrogens is 881 g/mol. The van der Waals surface area contributed by atoms with Crippen LogP contribution in [0.1, 0.15) is 44.5 Å². The van der Waals surface area contributed by atoms with Gasteiger partial charge in [-0.1, -0.05) is 243 Å². The van der Waals surface area contributed by atoms with Gasteiger partial charge in [0.25, 0.3) is 0 Å². The Morgan fingerprint density at radius 3 is 0.500 bits per heavy atom. The van der Waals surface area contributed by atoms with Crippen molar-refractivity contribution in [1.82, 2.24) is 21.3 Å². The Hall–Kier alpha value is -7.72. The summed E-state index contributed by atoms with van der Waals surface area (Å²) < 4.78 is 0. The van der Waals surface area contributed by atoms with Gasteiger partial charge in [-0.2, -0.15) is 0 Å². The molecule has 8 aromatic carbocycles. The van der Waals surface area contributed by atoms with Crippen molar-refractivity contribution in [2.75, 3.05) is 56.4 Å². The van der Waals surface area contributed by atoms with E-state index in [2.05, 4.69) is 89.8 Å². The molecule has 0 fully saturated rings. The maximum atomic E-state index is 3.88. The van der Waals surface area contributed by atoms with Crippen molar-refractivity contribution in [1.29, 1.82) is 0 Å². The summed E-state index contributed by atoms with van der Waals surface area (Å²) in [5.41, 5.74) is 9.94. The third-order valence-electron chi connectivity index (χ3n) is 9.21. The molecular formula is C64H80N8. The molecule has 0 amide bonds. The molecule has 8 aromatic rings. The van der Waals surface area contributed by atoms with Crippen molar-refractivity contribution in [2.24, 2.45) is 20.0 Å². The van der Waals surface area contributed by atoms with Crippen LogP contribution in [0.5, 0.6) is 0 Å². The van der Waals surface area contributed by atoms with Crippen molar-refractivity contribution < 1.29 is 0 Å². The van der Waals surface area contributed by atoms with Gasteiger partial charge >= 0.3 is 0 Å². The van der Waals surface area contributed by atoms with E-state index in [1.807, 2.05) is 247 Å². The first-order valence-electron chi connectivity index (χ1n) is 24.1. The number of nitrogens with zero attached hydrogens (tertiary/aromatic N) is 4. The van der Waals surface area contributed by atoms with E-state index in [9.17, 15) is 0 Å². The summed E-state index contributed by atoms with van der Waals surface area (Å²) in [5.74, 6) is 0. The highest BCUT2D eigenvalue weighted by Gasteiger charge is 1.87. The topological polar surface area (TPSA) is 97.6 Å². The highest BCUT2D eigenvalue weighted by atomic mass is 14.8. The van der Waals surface area contributed by atoms with Gasteiger partial charge in [0, 0.05) is 79.2 Å². The smallest absolute Gasteiger partial charge is 0.0281 e. The van der Waals surface area contributed by atoms with Crippen LogP contribution >= 0.6 is 0 Å². The molecule has 0 radical (unpaired) electrons. The molecule has 4 N–H and O–H groups in total. The van der Waals surface area contributed by atoms with E-state index in [1.54, 1.807) is 28.2 Å². The monoisotopic (exact) mass is 961 g/mol. The van der Waals surface area contributed by atoms with Gasteiger partial charge in [0.15, 0.2) is 0 Å². The van der Waals surface area contributed by atoms with Gasteiger partial charge in [-0.25, -0.2) is 0 Å². The quantitative estimate of drug-likeness (QED) is 0.0917. The first-order valence-corrected chi connectivity index (χ1v) is 24.1. The van der Waals surface area contributed by atoms with Crippen LogP contribution in [0.3, 0.4) is 0 Å². The van der Waals surface area contributed by atoms with Crippen molar-refractivity contribution in [3.05, 3.63) is 287 Å². The van der Waals surface area contributed by atoms with E-state index in [1.165, 1.54) is 22.3 Å². The van der Waals surface area contributed by atoms with E-state index in [0.29, 0.717) is 0 Å². The van der Waals surface area contributed by atoms with Gasteiger partial charge in [0.2, 0.25) is 0 Å². The lowest BCUT2D eigenvalue weighted by molar-refractivity contribution is 0.818. The van der Waals surface area contributed by atoms with Crippen molar-refractivity contribution >= 4 is 24.9 Å². The molecule has 0 bridgehead atoms. The van der Waals surface area contributed by atoms with Crippen molar-refractivity contribution in [3.63, 3.8) is 0 Å². The van der Waals surface area contributed by atoms with Crippen LogP contribution in [0.25, 0.3) is 0 Å². The molecule has 8 nitrogen and oxygen atoms in total. The zero-order chi connectivity index (χ0) is 52.2. The predicted molar refractivity (Wildman–Crippen MR) is 317 cm³/mol. The zero-order valence-corrected chi connectivity index (χ0v) is 44.0. The minimum atomic E-state index is 0.959. The summed E-state index contributed by atoms with van der Waals surface area (Å²) in [6, 6.07) is 81.5. The van der Waals surface area contributed by atoms with E-state index >= 15 is 0 Å². The first kappa shape index (κ1) is 62.3. The third kappa shape index (κ3) is 36.3. The third-order valence-corrected chi connectivity index (χ3v) is 9.21. The molecule has 376 valence electrons. The minimum absolute atomic E-state index is 0.959. The number of hydrogen-bond donors (Lipinski definition) is 4. The van der Waals surface area contributed by atoms with Gasteiger partial charge in [-0.05, 0) is 72.7 Å². The zero-order valence-electron chi connectivity index (χ0n) is 44.0. The van der Waals surface area contributed by atoms with Gasteiger partial charge < -0.3 is 21.3 Å². The van der Waals surface area contributed by atoms with Crippen LogP contribution in [0, 0.1) is 0 Å². The summed E-state index contributed by atoms with van der Waals surface area (Å²) in [5, 5.41) is 12.3. The lowest BCUT2D eigenvalue weighted by Crippen LogP contribution is -2.04. The molecule has 0 aliphatic carbocycles. The SMILES string of the molecule is CN=Cc1ccccc1.CN=Cc1ccccc1.CN=Cc1ccccc1.CN=Cc1ccccc1.CNCc1ccccc1.CNCc1ccccc1.CNCc1ccccc1.CNCc1ccccc1. The van der Waals surface area contributed by atoms with Gasteiger partial charge in [-0.15, -0.1) is 0 Å². The van der Waals surface area contributed by atoms with Gasteiger partial charge in [-0.3, -0.25) is 20.0 Å². The number of nitrogens with one attached hydrogen (secondary N) is 4. The molecule has 0 saturated carbocycles. The molecule has 8 heteroatoms. The summed E-state index contributed by atoms with van der Waals surface area (Å²) in [6.07, 6.45) is 7.33. The van der Waals surface area contributed by atoms with Gasteiger partial charge in [0.1, 0.15) is 0 Å². The molecule has 0 atom stereocenters. The number of rotatable bonds is 12. The standard InChI is InChI=1S/4C8H11N.4C8H9N/c8*1-9-7-8-5-3-2-4-6-8/h4*2-6,9H,7H2,1H3;4*2-7H,1H3. The largest absolute Gasteiger partial charge is 0.316 e. The van der Waals surface area contributed by atoms with E-state index in [-0.39, 0.29) is 0 Å². The normalized spacial score (nSPS) is 9.89. The second kappa shape index (κ2) is 47.0. The number of aliphatic imine (C=N–C) groups is 4. The highest BCUT2D eigenvalue weighted by molar-refractivity contribution is 5.80. The van der Waals surface area contributed by atoms with Gasteiger partial charge in [0.05, 0.1) is 0 Å². The molecule has 0 heterocycles. The lowest BCUT2D eigenvalue weighted by atomic mass is 10.2. The summed E-state index contributed by atoms with van der Waals surface area (Å²) in [4.78, 5) is 15.5. The molecule has 0 aliphatic heterocycles. The van der Waals surface area contributed by atoms with Crippen molar-refractivity contribution in [3.8, 4) is 0 Å². The van der Waals surface area contributed by atoms with Crippen LogP contribution in [0.2, 0.25) is 0 Å². The predicted octanol–water partition coefficient (Wildman–Crippen LogP) is 12.6. The van der Waals surface area contributed by atoms with E-state index in [4.69, 9.17) is 0 Å².